The molecule has 18 heavy (non-hydrogen) atoms. The van der Waals surface area contributed by atoms with Gasteiger partial charge in [-0.05, 0) is 17.7 Å². The maximum Gasteiger partial charge on any atom is 0.137 e. The lowest BCUT2D eigenvalue weighted by Crippen LogP contribution is -2.33. The topological polar surface area (TPSA) is 45.0 Å². The first-order chi connectivity index (χ1) is 8.51. The highest BCUT2D eigenvalue weighted by Gasteiger charge is 2.21. The van der Waals surface area contributed by atoms with Crippen molar-refractivity contribution in [3.05, 3.63) is 28.8 Å². The molecule has 3 nitrogen and oxygen atoms in total. The molecule has 4 heteroatoms. The van der Waals surface area contributed by atoms with E-state index in [2.05, 4.69) is 25.2 Å². The zero-order valence-corrected chi connectivity index (χ0v) is 11.8. The van der Waals surface area contributed by atoms with Gasteiger partial charge in [0.05, 0.1) is 18.2 Å². The van der Waals surface area contributed by atoms with Crippen molar-refractivity contribution in [2.75, 3.05) is 20.2 Å². The Morgan fingerprint density at radius 2 is 2.17 bits per heavy atom. The van der Waals surface area contributed by atoms with Gasteiger partial charge >= 0.3 is 0 Å². The minimum Gasteiger partial charge on any atom is -0.495 e. The van der Waals surface area contributed by atoms with Crippen LogP contribution in [0.15, 0.2) is 18.2 Å². The number of nitrogens with one attached hydrogen (secondary N) is 1. The Labute approximate surface area is 114 Å². The zero-order valence-electron chi connectivity index (χ0n) is 11.1. The van der Waals surface area contributed by atoms with Crippen molar-refractivity contribution >= 4 is 11.6 Å². The molecule has 0 fully saturated rings. The lowest BCUT2D eigenvalue weighted by Gasteiger charge is -2.26. The van der Waals surface area contributed by atoms with E-state index in [1.807, 2.05) is 18.2 Å². The summed E-state index contributed by atoms with van der Waals surface area (Å²) in [5, 5.41) is 12.4. The van der Waals surface area contributed by atoms with Crippen molar-refractivity contribution < 1.29 is 4.74 Å². The molecular formula is C14H19ClN2O. The summed E-state index contributed by atoms with van der Waals surface area (Å²) in [4.78, 5) is 0. The molecule has 0 unspecified atom stereocenters. The number of benzene rings is 1. The van der Waals surface area contributed by atoms with Crippen LogP contribution in [0.4, 0.5) is 0 Å². The van der Waals surface area contributed by atoms with Crippen LogP contribution >= 0.6 is 11.6 Å². The summed E-state index contributed by atoms with van der Waals surface area (Å²) in [6.45, 7) is 5.80. The van der Waals surface area contributed by atoms with E-state index in [-0.39, 0.29) is 5.41 Å². The van der Waals surface area contributed by atoms with Crippen LogP contribution in [0.3, 0.4) is 0 Å². The average molecular weight is 267 g/mol. The molecule has 0 heterocycles. The molecule has 0 amide bonds. The molecule has 0 saturated carbocycles. The number of nitrogens with zero attached hydrogens (tertiary/aromatic N) is 1. The average Bonchev–Trinajstić information content (AvgIpc) is 2.34. The van der Waals surface area contributed by atoms with Gasteiger partial charge in [0, 0.05) is 24.9 Å². The summed E-state index contributed by atoms with van der Waals surface area (Å²) in [7, 11) is 1.61. The highest BCUT2D eigenvalue weighted by atomic mass is 35.5. The third-order valence-electron chi connectivity index (χ3n) is 2.91. The second-order valence-electron chi connectivity index (χ2n) is 4.82. The number of methoxy groups -OCH3 is 1. The summed E-state index contributed by atoms with van der Waals surface area (Å²) in [5.41, 5.74) is 1.11. The van der Waals surface area contributed by atoms with E-state index in [0.29, 0.717) is 23.7 Å². The molecular weight excluding hydrogens is 248 g/mol. The summed E-state index contributed by atoms with van der Waals surface area (Å²) < 4.78 is 5.14. The van der Waals surface area contributed by atoms with E-state index in [1.54, 1.807) is 7.11 Å². The first-order valence-corrected chi connectivity index (χ1v) is 6.31. The molecule has 0 aliphatic heterocycles. The van der Waals surface area contributed by atoms with Crippen LogP contribution in [-0.2, 0) is 5.41 Å². The van der Waals surface area contributed by atoms with Gasteiger partial charge in [-0.1, -0.05) is 31.5 Å². The third kappa shape index (κ3) is 3.90. The van der Waals surface area contributed by atoms with Crippen molar-refractivity contribution in [1.29, 1.82) is 5.26 Å². The lowest BCUT2D eigenvalue weighted by atomic mass is 9.84. The molecule has 0 bridgehead atoms. The molecule has 0 aliphatic carbocycles. The first-order valence-electron chi connectivity index (χ1n) is 5.93. The van der Waals surface area contributed by atoms with Gasteiger partial charge in [0.2, 0.25) is 0 Å². The molecule has 0 aromatic heterocycles. The predicted octanol–water partition coefficient (Wildman–Crippen LogP) is 3.13. The quantitative estimate of drug-likeness (QED) is 0.805. The number of halogens is 1. The normalized spacial score (nSPS) is 11.1. The molecule has 0 aliphatic rings. The fourth-order valence-electron chi connectivity index (χ4n) is 1.73. The molecule has 98 valence electrons. The molecule has 1 rings (SSSR count). The van der Waals surface area contributed by atoms with Gasteiger partial charge in [-0.25, -0.2) is 0 Å². The number of rotatable bonds is 6. The Hall–Kier alpha value is -1.24. The van der Waals surface area contributed by atoms with Crippen LogP contribution in [0.25, 0.3) is 0 Å². The molecule has 0 atom stereocenters. The standard InChI is InChI=1S/C14H19ClN2O/c1-14(2,10-17-8-4-7-16)11-5-6-13(18-3)12(15)9-11/h5-6,9,17H,4,8,10H2,1-3H3. The van der Waals surface area contributed by atoms with Crippen molar-refractivity contribution in [2.24, 2.45) is 0 Å². The Balaban J connectivity index is 2.72. The fourth-order valence-corrected chi connectivity index (χ4v) is 1.99. The van der Waals surface area contributed by atoms with Crippen molar-refractivity contribution in [3.63, 3.8) is 0 Å². The Bertz CT molecular complexity index is 438. The number of hydrogen-bond donors (Lipinski definition) is 1. The SMILES string of the molecule is COc1ccc(C(C)(C)CNCCC#N)cc1Cl. The number of ether oxygens (including phenoxy) is 1. The maximum atomic E-state index is 8.49. The second kappa shape index (κ2) is 6.63. The van der Waals surface area contributed by atoms with Crippen molar-refractivity contribution in [1.82, 2.24) is 5.32 Å². The highest BCUT2D eigenvalue weighted by Crippen LogP contribution is 2.30. The van der Waals surface area contributed by atoms with E-state index < -0.39 is 0 Å². The van der Waals surface area contributed by atoms with Gasteiger partial charge in [0.15, 0.2) is 0 Å². The highest BCUT2D eigenvalue weighted by molar-refractivity contribution is 6.32. The van der Waals surface area contributed by atoms with Crippen LogP contribution < -0.4 is 10.1 Å². The molecule has 1 aromatic carbocycles. The summed E-state index contributed by atoms with van der Waals surface area (Å²) in [6, 6.07) is 7.96. The van der Waals surface area contributed by atoms with Gasteiger partial charge in [0.25, 0.3) is 0 Å². The van der Waals surface area contributed by atoms with E-state index >= 15 is 0 Å². The van der Waals surface area contributed by atoms with Crippen molar-refractivity contribution in [2.45, 2.75) is 25.7 Å². The first kappa shape index (κ1) is 14.8. The number of nitriles is 1. The van der Waals surface area contributed by atoms with E-state index in [4.69, 9.17) is 21.6 Å². The molecule has 0 spiro atoms. The third-order valence-corrected chi connectivity index (χ3v) is 3.21. The van der Waals surface area contributed by atoms with Crippen LogP contribution in [0.1, 0.15) is 25.8 Å². The molecule has 0 radical (unpaired) electrons. The van der Waals surface area contributed by atoms with Gasteiger partial charge in [-0.3, -0.25) is 0 Å². The van der Waals surface area contributed by atoms with Crippen LogP contribution in [0.2, 0.25) is 5.02 Å². The Kier molecular flexibility index (Phi) is 5.46. The smallest absolute Gasteiger partial charge is 0.137 e. The molecule has 0 saturated heterocycles. The molecule has 1 N–H and O–H groups in total. The number of hydrogen-bond acceptors (Lipinski definition) is 3. The minimum absolute atomic E-state index is 0.0363. The van der Waals surface area contributed by atoms with Crippen LogP contribution in [0.5, 0.6) is 5.75 Å². The predicted molar refractivity (Wildman–Crippen MR) is 74.1 cm³/mol. The maximum absolute atomic E-state index is 8.49. The van der Waals surface area contributed by atoms with Gasteiger partial charge in [0.1, 0.15) is 5.75 Å². The minimum atomic E-state index is -0.0363. The van der Waals surface area contributed by atoms with Gasteiger partial charge in [-0.2, -0.15) is 5.26 Å². The largest absolute Gasteiger partial charge is 0.495 e. The Morgan fingerprint density at radius 1 is 1.44 bits per heavy atom. The van der Waals surface area contributed by atoms with Crippen LogP contribution in [0, 0.1) is 11.3 Å². The van der Waals surface area contributed by atoms with Crippen molar-refractivity contribution in [3.8, 4) is 11.8 Å². The summed E-state index contributed by atoms with van der Waals surface area (Å²) in [6.07, 6.45) is 0.527. The summed E-state index contributed by atoms with van der Waals surface area (Å²) in [5.74, 6) is 0.689. The monoisotopic (exact) mass is 266 g/mol. The van der Waals surface area contributed by atoms with E-state index in [0.717, 1.165) is 12.1 Å². The molecule has 1 aromatic rings. The second-order valence-corrected chi connectivity index (χ2v) is 5.23. The summed E-state index contributed by atoms with van der Waals surface area (Å²) >= 11 is 6.13. The fraction of sp³-hybridized carbons (Fsp3) is 0.500. The lowest BCUT2D eigenvalue weighted by molar-refractivity contribution is 0.413. The van der Waals surface area contributed by atoms with Gasteiger partial charge in [-0.15, -0.1) is 0 Å². The van der Waals surface area contributed by atoms with Gasteiger partial charge < -0.3 is 10.1 Å². The van der Waals surface area contributed by atoms with E-state index in [9.17, 15) is 0 Å². The zero-order chi connectivity index (χ0) is 13.6. The van der Waals surface area contributed by atoms with Crippen LogP contribution in [-0.4, -0.2) is 20.2 Å². The van der Waals surface area contributed by atoms with E-state index in [1.165, 1.54) is 0 Å². The Morgan fingerprint density at radius 3 is 2.72 bits per heavy atom.